The predicted molar refractivity (Wildman–Crippen MR) is 84.2 cm³/mol. The number of hydrogen-bond acceptors (Lipinski definition) is 2. The quantitative estimate of drug-likeness (QED) is 0.778. The Kier molecular flexibility index (Phi) is 3.81. The van der Waals surface area contributed by atoms with Crippen LogP contribution in [-0.4, -0.2) is 5.54 Å². The molecular formula is C18H20N2. The lowest BCUT2D eigenvalue weighted by atomic mass is 10.0. The molecule has 0 aliphatic rings. The molecule has 0 unspecified atom stereocenters. The lowest BCUT2D eigenvalue weighted by Gasteiger charge is -2.38. The summed E-state index contributed by atoms with van der Waals surface area (Å²) in [6.07, 6.45) is 0. The standard InChI is InChI=1S/C18H20N2/c1-14-7-5-6-8-17(14)20(18(2,3)4)16-11-9-15(13-19)10-12-16/h5-12H,1-4H3. The number of nitriles is 1. The lowest BCUT2D eigenvalue weighted by Crippen LogP contribution is -2.38. The number of nitrogens with zero attached hydrogens (tertiary/aromatic N) is 2. The van der Waals surface area contributed by atoms with Gasteiger partial charge in [-0.15, -0.1) is 0 Å². The summed E-state index contributed by atoms with van der Waals surface area (Å²) in [4.78, 5) is 2.31. The average Bonchev–Trinajstić information content (AvgIpc) is 2.41. The van der Waals surface area contributed by atoms with Crippen LogP contribution in [0.4, 0.5) is 11.4 Å². The molecule has 2 rings (SSSR count). The summed E-state index contributed by atoms with van der Waals surface area (Å²) >= 11 is 0. The Hall–Kier alpha value is -2.27. The fraction of sp³-hybridized carbons (Fsp3) is 0.278. The molecule has 0 spiro atoms. The zero-order valence-corrected chi connectivity index (χ0v) is 12.5. The van der Waals surface area contributed by atoms with Gasteiger partial charge in [0.15, 0.2) is 0 Å². The van der Waals surface area contributed by atoms with Gasteiger partial charge >= 0.3 is 0 Å². The smallest absolute Gasteiger partial charge is 0.0991 e. The second-order valence-electron chi connectivity index (χ2n) is 5.95. The number of anilines is 2. The molecule has 0 heterocycles. The third-order valence-corrected chi connectivity index (χ3v) is 3.28. The third kappa shape index (κ3) is 2.83. The Balaban J connectivity index is 2.54. The molecule has 0 aromatic heterocycles. The second kappa shape index (κ2) is 5.38. The van der Waals surface area contributed by atoms with Gasteiger partial charge in [0, 0.05) is 16.9 Å². The van der Waals surface area contributed by atoms with Gasteiger partial charge in [0.05, 0.1) is 11.6 Å². The molecule has 0 saturated carbocycles. The molecule has 0 saturated heterocycles. The first kappa shape index (κ1) is 14.1. The van der Waals surface area contributed by atoms with Crippen molar-refractivity contribution >= 4 is 11.4 Å². The van der Waals surface area contributed by atoms with Gasteiger partial charge in [-0.25, -0.2) is 0 Å². The molecule has 2 aromatic carbocycles. The van der Waals surface area contributed by atoms with Gasteiger partial charge in [-0.2, -0.15) is 5.26 Å². The molecule has 0 bridgehead atoms. The van der Waals surface area contributed by atoms with E-state index in [4.69, 9.17) is 5.26 Å². The van der Waals surface area contributed by atoms with Crippen LogP contribution in [0.15, 0.2) is 48.5 Å². The highest BCUT2D eigenvalue weighted by Gasteiger charge is 2.24. The zero-order chi connectivity index (χ0) is 14.8. The number of hydrogen-bond donors (Lipinski definition) is 0. The van der Waals surface area contributed by atoms with Crippen molar-refractivity contribution in [2.75, 3.05) is 4.90 Å². The molecule has 2 heteroatoms. The molecule has 0 atom stereocenters. The number of benzene rings is 2. The number of para-hydroxylation sites is 1. The molecule has 2 nitrogen and oxygen atoms in total. The van der Waals surface area contributed by atoms with Crippen molar-refractivity contribution < 1.29 is 0 Å². The highest BCUT2D eigenvalue weighted by Crippen LogP contribution is 2.35. The minimum Gasteiger partial charge on any atom is -0.336 e. The summed E-state index contributed by atoms with van der Waals surface area (Å²) in [6.45, 7) is 8.70. The highest BCUT2D eigenvalue weighted by atomic mass is 15.2. The number of rotatable bonds is 2. The van der Waals surface area contributed by atoms with Gasteiger partial charge in [-0.3, -0.25) is 0 Å². The van der Waals surface area contributed by atoms with Crippen LogP contribution >= 0.6 is 0 Å². The Bertz CT molecular complexity index is 628. The first-order chi connectivity index (χ1) is 9.43. The molecule has 102 valence electrons. The maximum Gasteiger partial charge on any atom is 0.0991 e. The molecule has 20 heavy (non-hydrogen) atoms. The van der Waals surface area contributed by atoms with Crippen molar-refractivity contribution in [1.29, 1.82) is 5.26 Å². The van der Waals surface area contributed by atoms with Crippen LogP contribution in [-0.2, 0) is 0 Å². The molecule has 0 radical (unpaired) electrons. The van der Waals surface area contributed by atoms with Crippen molar-refractivity contribution in [3.63, 3.8) is 0 Å². The maximum atomic E-state index is 8.92. The van der Waals surface area contributed by atoms with Crippen LogP contribution in [0.5, 0.6) is 0 Å². The molecule has 2 aromatic rings. The van der Waals surface area contributed by atoms with E-state index >= 15 is 0 Å². The first-order valence-corrected chi connectivity index (χ1v) is 6.79. The topological polar surface area (TPSA) is 27.0 Å². The Morgan fingerprint density at radius 1 is 0.950 bits per heavy atom. The molecule has 0 aliphatic carbocycles. The summed E-state index contributed by atoms with van der Waals surface area (Å²) in [5.41, 5.74) is 4.19. The van der Waals surface area contributed by atoms with E-state index in [9.17, 15) is 0 Å². The normalized spacial score (nSPS) is 10.9. The molecule has 0 fully saturated rings. The Morgan fingerprint density at radius 3 is 2.05 bits per heavy atom. The van der Waals surface area contributed by atoms with Crippen LogP contribution in [0.2, 0.25) is 0 Å². The monoisotopic (exact) mass is 264 g/mol. The van der Waals surface area contributed by atoms with Gasteiger partial charge < -0.3 is 4.90 Å². The largest absolute Gasteiger partial charge is 0.336 e. The Morgan fingerprint density at radius 2 is 1.55 bits per heavy atom. The maximum absolute atomic E-state index is 8.92. The van der Waals surface area contributed by atoms with E-state index in [1.807, 2.05) is 24.3 Å². The summed E-state index contributed by atoms with van der Waals surface area (Å²) in [5, 5.41) is 8.92. The van der Waals surface area contributed by atoms with Crippen molar-refractivity contribution in [3.8, 4) is 6.07 Å². The van der Waals surface area contributed by atoms with E-state index in [-0.39, 0.29) is 5.54 Å². The third-order valence-electron chi connectivity index (χ3n) is 3.28. The van der Waals surface area contributed by atoms with Crippen LogP contribution in [0.3, 0.4) is 0 Å². The van der Waals surface area contributed by atoms with Gasteiger partial charge in [-0.05, 0) is 63.6 Å². The van der Waals surface area contributed by atoms with Crippen molar-refractivity contribution in [2.24, 2.45) is 0 Å². The van der Waals surface area contributed by atoms with Crippen molar-refractivity contribution in [3.05, 3.63) is 59.7 Å². The van der Waals surface area contributed by atoms with Crippen LogP contribution in [0.25, 0.3) is 0 Å². The van der Waals surface area contributed by atoms with Gasteiger partial charge in [0.1, 0.15) is 0 Å². The fourth-order valence-corrected chi connectivity index (χ4v) is 2.39. The first-order valence-electron chi connectivity index (χ1n) is 6.79. The van der Waals surface area contributed by atoms with Gasteiger partial charge in [0.25, 0.3) is 0 Å². The molecule has 0 N–H and O–H groups in total. The van der Waals surface area contributed by atoms with E-state index in [0.717, 1.165) is 5.69 Å². The highest BCUT2D eigenvalue weighted by molar-refractivity contribution is 5.68. The van der Waals surface area contributed by atoms with E-state index in [0.29, 0.717) is 5.56 Å². The summed E-state index contributed by atoms with van der Waals surface area (Å²) < 4.78 is 0. The summed E-state index contributed by atoms with van der Waals surface area (Å²) in [5.74, 6) is 0. The second-order valence-corrected chi connectivity index (χ2v) is 5.95. The summed E-state index contributed by atoms with van der Waals surface area (Å²) in [7, 11) is 0. The van der Waals surface area contributed by atoms with Crippen LogP contribution in [0.1, 0.15) is 31.9 Å². The average molecular weight is 264 g/mol. The SMILES string of the molecule is Cc1ccccc1N(c1ccc(C#N)cc1)C(C)(C)C. The van der Waals surface area contributed by atoms with Gasteiger partial charge in [-0.1, -0.05) is 18.2 Å². The lowest BCUT2D eigenvalue weighted by molar-refractivity contribution is 0.559. The molecule has 0 amide bonds. The molecular weight excluding hydrogens is 244 g/mol. The summed E-state index contributed by atoms with van der Waals surface area (Å²) in [6, 6.07) is 18.3. The van der Waals surface area contributed by atoms with E-state index < -0.39 is 0 Å². The minimum absolute atomic E-state index is 0.0414. The van der Waals surface area contributed by atoms with Crippen LogP contribution < -0.4 is 4.90 Å². The van der Waals surface area contributed by atoms with Gasteiger partial charge in [0.2, 0.25) is 0 Å². The fourth-order valence-electron chi connectivity index (χ4n) is 2.39. The van der Waals surface area contributed by atoms with Crippen molar-refractivity contribution in [2.45, 2.75) is 33.2 Å². The zero-order valence-electron chi connectivity index (χ0n) is 12.5. The minimum atomic E-state index is -0.0414. The predicted octanol–water partition coefficient (Wildman–Crippen LogP) is 4.80. The van der Waals surface area contributed by atoms with E-state index in [1.165, 1.54) is 11.3 Å². The van der Waals surface area contributed by atoms with E-state index in [1.54, 1.807) is 0 Å². The van der Waals surface area contributed by atoms with E-state index in [2.05, 4.69) is 62.9 Å². The Labute approximate surface area is 121 Å². The molecule has 0 aliphatic heterocycles. The van der Waals surface area contributed by atoms with Crippen LogP contribution in [0, 0.1) is 18.3 Å². The number of aryl methyl sites for hydroxylation is 1. The van der Waals surface area contributed by atoms with Crippen molar-refractivity contribution in [1.82, 2.24) is 0 Å².